The van der Waals surface area contributed by atoms with E-state index in [1.54, 1.807) is 47.4 Å². The molecule has 9 rings (SSSR count). The average Bonchev–Trinajstić information content (AvgIpc) is 3.98. The van der Waals surface area contributed by atoms with Crippen molar-refractivity contribution in [3.05, 3.63) is 133 Å². The van der Waals surface area contributed by atoms with Gasteiger partial charge in [-0.25, -0.2) is 4.39 Å². The van der Waals surface area contributed by atoms with E-state index in [4.69, 9.17) is 32.7 Å². The van der Waals surface area contributed by atoms with Gasteiger partial charge >= 0.3 is 0 Å². The Bertz CT molecular complexity index is 3050. The number of nitrogens with zero attached hydrogens (tertiary/aromatic N) is 2. The number of amides is 5. The Morgan fingerprint density at radius 3 is 2.53 bits per heavy atom. The Morgan fingerprint density at radius 2 is 1.81 bits per heavy atom. The van der Waals surface area contributed by atoms with Gasteiger partial charge in [0.2, 0.25) is 17.7 Å². The lowest BCUT2D eigenvalue weighted by atomic mass is 9.63. The van der Waals surface area contributed by atoms with Gasteiger partial charge in [-0.05, 0) is 117 Å². The number of benzene rings is 4. The summed E-state index contributed by atoms with van der Waals surface area (Å²) in [6.07, 6.45) is 1.76. The molecule has 2 saturated heterocycles. The zero-order valence-electron chi connectivity index (χ0n) is 42.4. The molecule has 5 atom stereocenters. The van der Waals surface area contributed by atoms with Crippen LogP contribution in [0.25, 0.3) is 0 Å². The van der Waals surface area contributed by atoms with E-state index in [1.165, 1.54) is 18.1 Å². The number of hydrogen-bond acceptors (Lipinski definition) is 9. The van der Waals surface area contributed by atoms with Crippen molar-refractivity contribution in [2.24, 2.45) is 5.41 Å². The van der Waals surface area contributed by atoms with Gasteiger partial charge in [-0.3, -0.25) is 29.3 Å². The number of fused-ring (bicyclic) bond motifs is 3. The number of hydrogen-bond donors (Lipinski definition) is 4. The summed E-state index contributed by atoms with van der Waals surface area (Å²) in [5.74, 6) is 3.71. The largest absolute Gasteiger partial charge is 0.495 e. The molecular formula is C57H61Cl2FN6O7. The summed E-state index contributed by atoms with van der Waals surface area (Å²) >= 11 is 13.0. The fourth-order valence-electron chi connectivity index (χ4n) is 11.5. The summed E-state index contributed by atoms with van der Waals surface area (Å²) in [5, 5.41) is 13.2. The molecule has 0 saturated carbocycles. The van der Waals surface area contributed by atoms with Gasteiger partial charge in [-0.2, -0.15) is 0 Å². The van der Waals surface area contributed by atoms with Crippen LogP contribution in [0.5, 0.6) is 5.75 Å². The number of ether oxygens (including phenoxy) is 2. The van der Waals surface area contributed by atoms with E-state index in [1.807, 2.05) is 52.0 Å². The maximum Gasteiger partial charge on any atom is 0.258 e. The lowest BCUT2D eigenvalue weighted by Gasteiger charge is -2.40. The van der Waals surface area contributed by atoms with Crippen LogP contribution in [-0.2, 0) is 31.1 Å². The lowest BCUT2D eigenvalue weighted by molar-refractivity contribution is -0.137. The highest BCUT2D eigenvalue weighted by atomic mass is 35.5. The standard InChI is InChI=1S/C57H61Cl2FN6O7/c1-31(2)66(44-26-56(6,7)73-29-34(44)14-9-12-32-13-10-15-36-38(32)28-65(54(36)71)43-22-23-47(67)64-51(43)68)53(70)33-18-21-41(45(24-33)72-8)62-52(69)50-48(37-16-11-17-40(59)49(37)60)57(46(63-50)27-55(3,4)5)30-61-42-25-35(58)19-20-39(42)57/h10-11,13,15-21,24-25,31,43,46,48,50,61,63H,14,22-23,26-30H2,1-8H3,(H,62,69)(H,64,67,68)/t43?,46-,48-,50+,57-/m0/s1. The molecule has 1 unspecified atom stereocenters. The van der Waals surface area contributed by atoms with Crippen molar-refractivity contribution < 1.29 is 37.8 Å². The molecule has 0 bridgehead atoms. The van der Waals surface area contributed by atoms with Crippen molar-refractivity contribution in [1.82, 2.24) is 20.4 Å². The molecule has 0 radical (unpaired) electrons. The van der Waals surface area contributed by atoms with Crippen LogP contribution in [0.2, 0.25) is 10.0 Å². The summed E-state index contributed by atoms with van der Waals surface area (Å²) in [6, 6.07) is 18.6. The van der Waals surface area contributed by atoms with Crippen molar-refractivity contribution >= 4 is 64.1 Å². The maximum atomic E-state index is 16.5. The summed E-state index contributed by atoms with van der Waals surface area (Å²) in [7, 11) is 1.47. The second-order valence-electron chi connectivity index (χ2n) is 21.8. The third-order valence-corrected chi connectivity index (χ3v) is 15.4. The third-order valence-electron chi connectivity index (χ3n) is 14.8. The van der Waals surface area contributed by atoms with Crippen molar-refractivity contribution in [2.45, 2.75) is 128 Å². The van der Waals surface area contributed by atoms with E-state index in [0.717, 1.165) is 28.1 Å². The molecule has 4 aromatic rings. The van der Waals surface area contributed by atoms with Gasteiger partial charge in [0.15, 0.2) is 0 Å². The molecule has 4 N–H and O–H groups in total. The number of carbonyl (C=O) groups is 5. The van der Waals surface area contributed by atoms with Gasteiger partial charge in [0.1, 0.15) is 17.6 Å². The van der Waals surface area contributed by atoms with E-state index in [9.17, 15) is 24.0 Å². The minimum absolute atomic E-state index is 0.0405. The second-order valence-corrected chi connectivity index (χ2v) is 22.7. The van der Waals surface area contributed by atoms with Crippen LogP contribution in [0, 0.1) is 23.1 Å². The van der Waals surface area contributed by atoms with Crippen LogP contribution in [0.3, 0.4) is 0 Å². The van der Waals surface area contributed by atoms with Crippen LogP contribution in [0.4, 0.5) is 15.8 Å². The normalized spacial score (nSPS) is 23.2. The third kappa shape index (κ3) is 9.85. The summed E-state index contributed by atoms with van der Waals surface area (Å²) in [6.45, 7) is 15.1. The van der Waals surface area contributed by atoms with Crippen LogP contribution in [-0.4, -0.2) is 89.4 Å². The average molecular weight is 1030 g/mol. The summed E-state index contributed by atoms with van der Waals surface area (Å²) in [5.41, 5.74) is 4.63. The zero-order chi connectivity index (χ0) is 52.3. The number of halogens is 3. The molecule has 1 spiro atoms. The SMILES string of the molecule is COc1cc(C(=O)N(C2=C(CC#Cc3cccc4c3CN(C3CCC(=O)NC3=O)C4=O)COC(C)(C)C2)C(C)C)ccc1NC(=O)[C@@H]1N[C@@H](CC(C)(C)C)[C@@]2(CNc3cc(Cl)ccc32)[C@H]1c1cccc(Cl)c1F. The van der Waals surface area contributed by atoms with Crippen molar-refractivity contribution in [2.75, 3.05) is 30.9 Å². The molecule has 13 nitrogen and oxygen atoms in total. The Hall–Kier alpha value is -6.24. The molecule has 5 aliphatic heterocycles. The first kappa shape index (κ1) is 51.7. The van der Waals surface area contributed by atoms with Gasteiger partial charge in [0.05, 0.1) is 36.1 Å². The highest BCUT2D eigenvalue weighted by molar-refractivity contribution is 6.31. The topological polar surface area (TPSA) is 158 Å². The number of methoxy groups -OCH3 is 1. The van der Waals surface area contributed by atoms with Gasteiger partial charge < -0.3 is 35.2 Å². The van der Waals surface area contributed by atoms with Gasteiger partial charge in [0, 0.05) is 88.9 Å². The van der Waals surface area contributed by atoms with E-state index in [-0.39, 0.29) is 78.4 Å². The molecule has 382 valence electrons. The molecular weight excluding hydrogens is 971 g/mol. The van der Waals surface area contributed by atoms with E-state index in [0.29, 0.717) is 52.4 Å². The predicted molar refractivity (Wildman–Crippen MR) is 279 cm³/mol. The fraction of sp³-hybridized carbons (Fsp3) is 0.421. The molecule has 16 heteroatoms. The minimum Gasteiger partial charge on any atom is -0.495 e. The van der Waals surface area contributed by atoms with Crippen LogP contribution in [0.1, 0.15) is 129 Å². The quantitative estimate of drug-likeness (QED) is 0.0897. The summed E-state index contributed by atoms with van der Waals surface area (Å²) in [4.78, 5) is 71.2. The Kier molecular flexibility index (Phi) is 14.1. The molecule has 2 fully saturated rings. The Morgan fingerprint density at radius 1 is 1.04 bits per heavy atom. The molecule has 0 aliphatic carbocycles. The second kappa shape index (κ2) is 19.9. The monoisotopic (exact) mass is 1030 g/mol. The Labute approximate surface area is 435 Å². The van der Waals surface area contributed by atoms with Crippen molar-refractivity contribution in [3.63, 3.8) is 0 Å². The van der Waals surface area contributed by atoms with E-state index < -0.39 is 46.6 Å². The zero-order valence-corrected chi connectivity index (χ0v) is 43.9. The smallest absolute Gasteiger partial charge is 0.258 e. The highest BCUT2D eigenvalue weighted by Crippen LogP contribution is 2.57. The van der Waals surface area contributed by atoms with E-state index >= 15 is 4.39 Å². The minimum atomic E-state index is -0.936. The lowest BCUT2D eigenvalue weighted by Crippen LogP contribution is -2.52. The first-order valence-electron chi connectivity index (χ1n) is 24.8. The number of rotatable bonds is 10. The first-order valence-corrected chi connectivity index (χ1v) is 25.5. The van der Waals surface area contributed by atoms with Crippen LogP contribution >= 0.6 is 23.2 Å². The summed E-state index contributed by atoms with van der Waals surface area (Å²) < 4.78 is 28.6. The predicted octanol–water partition coefficient (Wildman–Crippen LogP) is 9.51. The number of carbonyl (C=O) groups excluding carboxylic acids is 5. The van der Waals surface area contributed by atoms with Crippen molar-refractivity contribution in [3.8, 4) is 17.6 Å². The number of nitrogens with one attached hydrogen (secondary N) is 4. The molecule has 5 amide bonds. The number of anilines is 2. The first-order chi connectivity index (χ1) is 34.6. The van der Waals surface area contributed by atoms with Gasteiger partial charge in [0.25, 0.3) is 11.8 Å². The molecule has 5 heterocycles. The van der Waals surface area contributed by atoms with E-state index in [2.05, 4.69) is 53.9 Å². The Balaban J connectivity index is 1.000. The number of imide groups is 1. The van der Waals surface area contributed by atoms with Gasteiger partial charge in [-0.1, -0.05) is 80.1 Å². The molecule has 4 aromatic carbocycles. The molecule has 0 aromatic heterocycles. The molecule has 73 heavy (non-hydrogen) atoms. The molecule has 5 aliphatic rings. The van der Waals surface area contributed by atoms with Crippen LogP contribution < -0.4 is 26.0 Å². The number of piperidine rings is 1. The van der Waals surface area contributed by atoms with Crippen molar-refractivity contribution in [1.29, 1.82) is 0 Å². The fourth-order valence-corrected chi connectivity index (χ4v) is 11.9. The van der Waals surface area contributed by atoms with Crippen LogP contribution in [0.15, 0.2) is 84.1 Å². The maximum absolute atomic E-state index is 16.5. The highest BCUT2D eigenvalue weighted by Gasteiger charge is 2.62. The van der Waals surface area contributed by atoms with Gasteiger partial charge in [-0.15, -0.1) is 0 Å².